The molecule has 0 radical (unpaired) electrons. The fourth-order valence-electron chi connectivity index (χ4n) is 2.68. The Labute approximate surface area is 110 Å². The molecule has 2 rings (SSSR count). The van der Waals surface area contributed by atoms with Gasteiger partial charge < -0.3 is 9.97 Å². The third kappa shape index (κ3) is 2.69. The minimum atomic E-state index is 0.108. The average molecular weight is 244 g/mol. The van der Waals surface area contributed by atoms with Crippen LogP contribution >= 0.6 is 0 Å². The number of H-pyrrole nitrogens is 2. The molecule has 2 nitrogen and oxygen atoms in total. The predicted molar refractivity (Wildman–Crippen MR) is 76.8 cm³/mol. The summed E-state index contributed by atoms with van der Waals surface area (Å²) in [6.45, 7) is 4.60. The first-order chi connectivity index (χ1) is 8.77. The molecule has 2 aromatic rings. The molecule has 0 aromatic carbocycles. The Kier molecular flexibility index (Phi) is 4.29. The van der Waals surface area contributed by atoms with Crippen molar-refractivity contribution in [2.45, 2.75) is 51.4 Å². The maximum atomic E-state index is 3.39. The van der Waals surface area contributed by atoms with E-state index in [9.17, 15) is 0 Å². The lowest BCUT2D eigenvalue weighted by molar-refractivity contribution is 0.469. The molecule has 2 N–H and O–H groups in total. The van der Waals surface area contributed by atoms with Crippen LogP contribution in [0.25, 0.3) is 0 Å². The van der Waals surface area contributed by atoms with Gasteiger partial charge in [-0.05, 0) is 37.1 Å². The SMILES string of the molecule is CCCCCCC(C)(c1cc[nH]c1)c1ccc[nH]1. The maximum absolute atomic E-state index is 3.39. The van der Waals surface area contributed by atoms with Crippen LogP contribution in [-0.2, 0) is 5.41 Å². The molecular weight excluding hydrogens is 220 g/mol. The molecule has 0 fully saturated rings. The van der Waals surface area contributed by atoms with Gasteiger partial charge in [0.2, 0.25) is 0 Å². The van der Waals surface area contributed by atoms with E-state index in [0.29, 0.717) is 0 Å². The van der Waals surface area contributed by atoms with Gasteiger partial charge in [-0.25, -0.2) is 0 Å². The Bertz CT molecular complexity index is 391. The zero-order valence-corrected chi connectivity index (χ0v) is 11.5. The van der Waals surface area contributed by atoms with Crippen molar-refractivity contribution in [2.24, 2.45) is 0 Å². The molecule has 1 atom stereocenters. The van der Waals surface area contributed by atoms with Crippen molar-refractivity contribution < 1.29 is 0 Å². The Hall–Kier alpha value is -1.44. The second-order valence-corrected chi connectivity index (χ2v) is 5.33. The molecule has 2 heteroatoms. The van der Waals surface area contributed by atoms with Gasteiger partial charge in [-0.15, -0.1) is 0 Å². The summed E-state index contributed by atoms with van der Waals surface area (Å²) in [5.74, 6) is 0. The summed E-state index contributed by atoms with van der Waals surface area (Å²) in [7, 11) is 0. The summed E-state index contributed by atoms with van der Waals surface area (Å²) in [4.78, 5) is 6.58. The van der Waals surface area contributed by atoms with Crippen molar-refractivity contribution in [1.29, 1.82) is 0 Å². The number of nitrogens with one attached hydrogen (secondary N) is 2. The van der Waals surface area contributed by atoms with Gasteiger partial charge in [0.15, 0.2) is 0 Å². The molecule has 0 amide bonds. The second-order valence-electron chi connectivity index (χ2n) is 5.33. The molecule has 2 heterocycles. The van der Waals surface area contributed by atoms with Crippen LogP contribution in [0, 0.1) is 0 Å². The molecule has 0 saturated carbocycles. The summed E-state index contributed by atoms with van der Waals surface area (Å²) in [5, 5.41) is 0. The van der Waals surface area contributed by atoms with Gasteiger partial charge in [0.1, 0.15) is 0 Å². The standard InChI is InChI=1S/C16H24N2/c1-3-4-5-6-10-16(2,14-9-12-17-13-14)15-8-7-11-18-15/h7-9,11-13,17-18H,3-6,10H2,1-2H3. The quantitative estimate of drug-likeness (QED) is 0.666. The van der Waals surface area contributed by atoms with Crippen molar-refractivity contribution in [3.63, 3.8) is 0 Å². The summed E-state index contributed by atoms with van der Waals surface area (Å²) >= 11 is 0. The normalized spacial score (nSPS) is 14.6. The Balaban J connectivity index is 2.13. The first-order valence-corrected chi connectivity index (χ1v) is 7.04. The van der Waals surface area contributed by atoms with E-state index in [1.54, 1.807) is 0 Å². The van der Waals surface area contributed by atoms with Crippen LogP contribution in [0.15, 0.2) is 36.8 Å². The fourth-order valence-corrected chi connectivity index (χ4v) is 2.68. The molecule has 0 bridgehead atoms. The third-order valence-electron chi connectivity index (χ3n) is 3.96. The van der Waals surface area contributed by atoms with Gasteiger partial charge in [-0.3, -0.25) is 0 Å². The molecule has 0 aliphatic heterocycles. The first-order valence-electron chi connectivity index (χ1n) is 7.04. The van der Waals surface area contributed by atoms with E-state index in [2.05, 4.69) is 48.2 Å². The third-order valence-corrected chi connectivity index (χ3v) is 3.96. The van der Waals surface area contributed by atoms with Crippen LogP contribution in [0.1, 0.15) is 57.2 Å². The topological polar surface area (TPSA) is 31.6 Å². The van der Waals surface area contributed by atoms with Gasteiger partial charge in [0.25, 0.3) is 0 Å². The van der Waals surface area contributed by atoms with Crippen LogP contribution in [0.5, 0.6) is 0 Å². The number of unbranched alkanes of at least 4 members (excludes halogenated alkanes) is 3. The second kappa shape index (κ2) is 5.94. The van der Waals surface area contributed by atoms with E-state index in [4.69, 9.17) is 0 Å². The number of rotatable bonds is 7. The van der Waals surface area contributed by atoms with Crippen molar-refractivity contribution in [3.05, 3.63) is 48.0 Å². The smallest absolute Gasteiger partial charge is 0.0340 e. The summed E-state index contributed by atoms with van der Waals surface area (Å²) in [6, 6.07) is 6.49. The van der Waals surface area contributed by atoms with Crippen molar-refractivity contribution in [3.8, 4) is 0 Å². The monoisotopic (exact) mass is 244 g/mol. The van der Waals surface area contributed by atoms with Gasteiger partial charge >= 0.3 is 0 Å². The Morgan fingerprint density at radius 1 is 1.11 bits per heavy atom. The zero-order valence-electron chi connectivity index (χ0n) is 11.5. The highest BCUT2D eigenvalue weighted by molar-refractivity contribution is 5.33. The fraction of sp³-hybridized carbons (Fsp3) is 0.500. The van der Waals surface area contributed by atoms with Gasteiger partial charge in [-0.1, -0.05) is 32.6 Å². The molecule has 0 spiro atoms. The predicted octanol–water partition coefficient (Wildman–Crippen LogP) is 4.62. The van der Waals surface area contributed by atoms with Crippen molar-refractivity contribution in [1.82, 2.24) is 9.97 Å². The molecule has 1 unspecified atom stereocenters. The summed E-state index contributed by atoms with van der Waals surface area (Å²) < 4.78 is 0. The Morgan fingerprint density at radius 2 is 2.00 bits per heavy atom. The first kappa shape index (κ1) is 13.0. The molecule has 18 heavy (non-hydrogen) atoms. The zero-order chi connectivity index (χ0) is 12.8. The lowest BCUT2D eigenvalue weighted by Crippen LogP contribution is -2.23. The molecule has 0 aliphatic carbocycles. The van der Waals surface area contributed by atoms with Crippen LogP contribution in [0.3, 0.4) is 0 Å². The van der Waals surface area contributed by atoms with Gasteiger partial charge in [0.05, 0.1) is 0 Å². The minimum absolute atomic E-state index is 0.108. The van der Waals surface area contributed by atoms with E-state index < -0.39 is 0 Å². The van der Waals surface area contributed by atoms with Gasteiger partial charge in [0, 0.05) is 29.7 Å². The number of aromatic amines is 2. The summed E-state index contributed by atoms with van der Waals surface area (Å²) in [6.07, 6.45) is 12.6. The molecule has 2 aromatic heterocycles. The average Bonchev–Trinajstić information content (AvgIpc) is 3.05. The highest BCUT2D eigenvalue weighted by Gasteiger charge is 2.29. The maximum Gasteiger partial charge on any atom is 0.0340 e. The number of hydrogen-bond donors (Lipinski definition) is 2. The minimum Gasteiger partial charge on any atom is -0.367 e. The lowest BCUT2D eigenvalue weighted by Gasteiger charge is -2.28. The van der Waals surface area contributed by atoms with Crippen LogP contribution in [-0.4, -0.2) is 9.97 Å². The molecule has 98 valence electrons. The molecular formula is C16H24N2. The van der Waals surface area contributed by atoms with E-state index in [-0.39, 0.29) is 5.41 Å². The Morgan fingerprint density at radius 3 is 2.61 bits per heavy atom. The highest BCUT2D eigenvalue weighted by Crippen LogP contribution is 2.35. The van der Waals surface area contributed by atoms with E-state index >= 15 is 0 Å². The van der Waals surface area contributed by atoms with Crippen LogP contribution < -0.4 is 0 Å². The molecule has 0 aliphatic rings. The van der Waals surface area contributed by atoms with Crippen LogP contribution in [0.2, 0.25) is 0 Å². The molecule has 0 saturated heterocycles. The van der Waals surface area contributed by atoms with Gasteiger partial charge in [-0.2, -0.15) is 0 Å². The summed E-state index contributed by atoms with van der Waals surface area (Å²) in [5.41, 5.74) is 2.80. The van der Waals surface area contributed by atoms with Crippen molar-refractivity contribution >= 4 is 0 Å². The number of aromatic nitrogens is 2. The van der Waals surface area contributed by atoms with Crippen LogP contribution in [0.4, 0.5) is 0 Å². The largest absolute Gasteiger partial charge is 0.367 e. The van der Waals surface area contributed by atoms with E-state index in [1.165, 1.54) is 43.4 Å². The van der Waals surface area contributed by atoms with E-state index in [0.717, 1.165) is 0 Å². The van der Waals surface area contributed by atoms with Crippen molar-refractivity contribution in [2.75, 3.05) is 0 Å². The highest BCUT2D eigenvalue weighted by atomic mass is 14.7. The lowest BCUT2D eigenvalue weighted by atomic mass is 9.76. The number of hydrogen-bond acceptors (Lipinski definition) is 0. The van der Waals surface area contributed by atoms with E-state index in [1.807, 2.05) is 12.4 Å².